The Morgan fingerprint density at radius 3 is 2.73 bits per heavy atom. The molecule has 2 aromatic carbocycles. The average molecular weight is 365 g/mol. The molecule has 4 heteroatoms. The van der Waals surface area contributed by atoms with Crippen LogP contribution in [0, 0.1) is 0 Å². The number of rotatable bonds is 5. The maximum atomic E-state index is 9.94. The molecule has 0 saturated heterocycles. The summed E-state index contributed by atoms with van der Waals surface area (Å²) in [5.74, 6) is 0.808. The Kier molecular flexibility index (Phi) is 4.96. The van der Waals surface area contributed by atoms with Crippen LogP contribution in [0.1, 0.15) is 16.0 Å². The second-order valence-corrected chi connectivity index (χ2v) is 7.87. The summed E-state index contributed by atoms with van der Waals surface area (Å²) in [6.07, 6.45) is 2.05. The largest absolute Gasteiger partial charge is 0.504 e. The van der Waals surface area contributed by atoms with Crippen LogP contribution in [-0.2, 0) is 19.4 Å². The Hall–Kier alpha value is -2.30. The number of phenolic OH excluding ortho intramolecular Hbond substituents is 1. The Balaban J connectivity index is 1.40. The van der Waals surface area contributed by atoms with Gasteiger partial charge in [0.15, 0.2) is 11.5 Å². The van der Waals surface area contributed by atoms with Crippen LogP contribution in [0.5, 0.6) is 11.5 Å². The Morgan fingerprint density at radius 2 is 1.92 bits per heavy atom. The number of aromatic hydroxyl groups is 1. The number of thiophene rings is 1. The van der Waals surface area contributed by atoms with E-state index in [1.165, 1.54) is 26.4 Å². The zero-order valence-corrected chi connectivity index (χ0v) is 15.8. The summed E-state index contributed by atoms with van der Waals surface area (Å²) in [5, 5.41) is 9.94. The topological polar surface area (TPSA) is 32.7 Å². The second kappa shape index (κ2) is 7.52. The number of nitrogens with zero attached hydrogens (tertiary/aromatic N) is 1. The van der Waals surface area contributed by atoms with E-state index in [9.17, 15) is 5.11 Å². The molecule has 3 nitrogen and oxygen atoms in total. The summed E-state index contributed by atoms with van der Waals surface area (Å²) in [4.78, 5) is 5.25. The van der Waals surface area contributed by atoms with E-state index in [0.717, 1.165) is 32.5 Å². The van der Waals surface area contributed by atoms with Crippen molar-refractivity contribution in [2.45, 2.75) is 19.4 Å². The van der Waals surface area contributed by atoms with Crippen molar-refractivity contribution in [1.29, 1.82) is 0 Å². The van der Waals surface area contributed by atoms with Crippen molar-refractivity contribution in [2.24, 2.45) is 0 Å². The first-order valence-corrected chi connectivity index (χ1v) is 9.80. The van der Waals surface area contributed by atoms with E-state index in [1.807, 2.05) is 23.5 Å². The Bertz CT molecular complexity index is 888. The fourth-order valence-electron chi connectivity index (χ4n) is 3.52. The summed E-state index contributed by atoms with van der Waals surface area (Å²) >= 11 is 1.89. The van der Waals surface area contributed by atoms with Crippen molar-refractivity contribution < 1.29 is 9.84 Å². The highest BCUT2D eigenvalue weighted by molar-refractivity contribution is 7.15. The lowest BCUT2D eigenvalue weighted by Crippen LogP contribution is -2.32. The fourth-order valence-corrected chi connectivity index (χ4v) is 4.53. The minimum atomic E-state index is 0.242. The summed E-state index contributed by atoms with van der Waals surface area (Å²) < 4.78 is 5.25. The maximum Gasteiger partial charge on any atom is 0.160 e. The third kappa shape index (κ3) is 3.62. The molecule has 0 bridgehead atoms. The van der Waals surface area contributed by atoms with Crippen molar-refractivity contribution in [2.75, 3.05) is 20.2 Å². The lowest BCUT2D eigenvalue weighted by atomic mass is 9.98. The standard InChI is InChI=1S/C22H23NO2S/c1-25-21-14-18-15-23(11-9-17(18)13-20(21)24)12-10-19-7-8-22(26-19)16-5-3-2-4-6-16/h2-8,13-14,24H,9-12,15H2,1H3. The smallest absolute Gasteiger partial charge is 0.160 e. The fraction of sp³-hybridized carbons (Fsp3) is 0.273. The summed E-state index contributed by atoms with van der Waals surface area (Å²) in [6.45, 7) is 3.01. The van der Waals surface area contributed by atoms with E-state index in [4.69, 9.17) is 4.74 Å². The van der Waals surface area contributed by atoms with Crippen LogP contribution in [0.3, 0.4) is 0 Å². The highest BCUT2D eigenvalue weighted by Crippen LogP contribution is 2.33. The molecule has 0 aliphatic carbocycles. The van der Waals surface area contributed by atoms with Crippen LogP contribution in [0.25, 0.3) is 10.4 Å². The van der Waals surface area contributed by atoms with Gasteiger partial charge in [0.1, 0.15) is 0 Å². The number of benzene rings is 2. The molecule has 26 heavy (non-hydrogen) atoms. The molecule has 3 aromatic rings. The van der Waals surface area contributed by atoms with Gasteiger partial charge in [-0.2, -0.15) is 0 Å². The van der Waals surface area contributed by atoms with Crippen molar-refractivity contribution >= 4 is 11.3 Å². The van der Waals surface area contributed by atoms with Crippen molar-refractivity contribution in [3.63, 3.8) is 0 Å². The van der Waals surface area contributed by atoms with E-state index in [2.05, 4.69) is 47.4 Å². The number of hydrogen-bond acceptors (Lipinski definition) is 4. The van der Waals surface area contributed by atoms with Crippen LogP contribution >= 0.6 is 11.3 Å². The van der Waals surface area contributed by atoms with Gasteiger partial charge >= 0.3 is 0 Å². The monoisotopic (exact) mass is 365 g/mol. The van der Waals surface area contributed by atoms with Gasteiger partial charge in [0.25, 0.3) is 0 Å². The van der Waals surface area contributed by atoms with E-state index < -0.39 is 0 Å². The summed E-state index contributed by atoms with van der Waals surface area (Å²) in [6, 6.07) is 18.9. The highest BCUT2D eigenvalue weighted by atomic mass is 32.1. The normalized spacial score (nSPS) is 14.2. The van der Waals surface area contributed by atoms with Crippen LogP contribution in [0.15, 0.2) is 54.6 Å². The predicted octanol–water partition coefficient (Wildman–Crippen LogP) is 4.73. The van der Waals surface area contributed by atoms with Crippen LogP contribution in [-0.4, -0.2) is 30.2 Å². The highest BCUT2D eigenvalue weighted by Gasteiger charge is 2.19. The van der Waals surface area contributed by atoms with Gasteiger partial charge in [-0.25, -0.2) is 0 Å². The van der Waals surface area contributed by atoms with Crippen molar-refractivity contribution in [1.82, 2.24) is 4.90 Å². The molecule has 0 unspecified atom stereocenters. The number of phenols is 1. The summed E-state index contributed by atoms with van der Waals surface area (Å²) in [5.41, 5.74) is 3.80. The van der Waals surface area contributed by atoms with Crippen LogP contribution in [0.4, 0.5) is 0 Å². The molecule has 1 aliphatic heterocycles. The molecule has 0 atom stereocenters. The third-order valence-electron chi connectivity index (χ3n) is 4.99. The van der Waals surface area contributed by atoms with Gasteiger partial charge in [0.05, 0.1) is 7.11 Å². The van der Waals surface area contributed by atoms with Crippen molar-refractivity contribution in [3.8, 4) is 21.9 Å². The molecule has 0 fully saturated rings. The van der Waals surface area contributed by atoms with Crippen LogP contribution < -0.4 is 4.74 Å². The number of fused-ring (bicyclic) bond motifs is 1. The second-order valence-electron chi connectivity index (χ2n) is 6.70. The van der Waals surface area contributed by atoms with Gasteiger partial charge in [-0.05, 0) is 53.8 Å². The molecule has 0 amide bonds. The lowest BCUT2D eigenvalue weighted by molar-refractivity contribution is 0.256. The summed E-state index contributed by atoms with van der Waals surface area (Å²) in [7, 11) is 1.60. The van der Waals surface area contributed by atoms with Gasteiger partial charge in [-0.3, -0.25) is 4.90 Å². The Labute approximate surface area is 158 Å². The number of methoxy groups -OCH3 is 1. The average Bonchev–Trinajstić information content (AvgIpc) is 3.15. The molecule has 0 saturated carbocycles. The first-order valence-electron chi connectivity index (χ1n) is 8.98. The number of ether oxygens (including phenoxy) is 1. The molecule has 0 spiro atoms. The Morgan fingerprint density at radius 1 is 1.08 bits per heavy atom. The molecule has 0 radical (unpaired) electrons. The molecular weight excluding hydrogens is 342 g/mol. The SMILES string of the molecule is COc1cc2c(cc1O)CCN(CCc1ccc(-c3ccccc3)s1)C2. The van der Waals surface area contributed by atoms with Crippen LogP contribution in [0.2, 0.25) is 0 Å². The van der Waals surface area contributed by atoms with Gasteiger partial charge in [-0.1, -0.05) is 30.3 Å². The molecule has 1 aromatic heterocycles. The lowest BCUT2D eigenvalue weighted by Gasteiger charge is -2.29. The maximum absolute atomic E-state index is 9.94. The zero-order chi connectivity index (χ0) is 17.9. The van der Waals surface area contributed by atoms with E-state index >= 15 is 0 Å². The van der Waals surface area contributed by atoms with E-state index in [0.29, 0.717) is 5.75 Å². The zero-order valence-electron chi connectivity index (χ0n) is 14.9. The van der Waals surface area contributed by atoms with Gasteiger partial charge in [0.2, 0.25) is 0 Å². The predicted molar refractivity (Wildman–Crippen MR) is 107 cm³/mol. The van der Waals surface area contributed by atoms with E-state index in [-0.39, 0.29) is 5.75 Å². The minimum Gasteiger partial charge on any atom is -0.504 e. The first kappa shape index (κ1) is 17.1. The third-order valence-corrected chi connectivity index (χ3v) is 6.18. The first-order chi connectivity index (χ1) is 12.7. The van der Waals surface area contributed by atoms with Gasteiger partial charge < -0.3 is 9.84 Å². The molecule has 1 N–H and O–H groups in total. The minimum absolute atomic E-state index is 0.242. The van der Waals surface area contributed by atoms with Crippen molar-refractivity contribution in [3.05, 3.63) is 70.6 Å². The van der Waals surface area contributed by atoms with Gasteiger partial charge in [-0.15, -0.1) is 11.3 Å². The molecule has 2 heterocycles. The molecule has 134 valence electrons. The van der Waals surface area contributed by atoms with Gasteiger partial charge in [0, 0.05) is 29.4 Å². The van der Waals surface area contributed by atoms with E-state index in [1.54, 1.807) is 7.11 Å². The molecule has 4 rings (SSSR count). The molecule has 1 aliphatic rings. The molecular formula is C22H23NO2S. The quantitative estimate of drug-likeness (QED) is 0.709. The number of hydrogen-bond donors (Lipinski definition) is 1.